The number of hydrogen-bond acceptors (Lipinski definition) is 4. The van der Waals surface area contributed by atoms with Crippen LogP contribution in [0.15, 0.2) is 36.4 Å². The Morgan fingerprint density at radius 3 is 1.17 bits per heavy atom. The highest BCUT2D eigenvalue weighted by atomic mass is 16.3. The molecule has 0 fully saturated rings. The standard InChI is InChI=1S/C20H26O4/c1-11(13(3)15-5-7-17(21)19(23)9-15)12(2)14(4)16-6-8-18(22)20(24)10-16/h5-14,21-24H,1-4H3. The molecule has 0 radical (unpaired) electrons. The quantitative estimate of drug-likeness (QED) is 0.600. The number of rotatable bonds is 5. The minimum atomic E-state index is -0.111. The maximum Gasteiger partial charge on any atom is 0.157 e. The third-order valence-corrected chi connectivity index (χ3v) is 5.46. The van der Waals surface area contributed by atoms with Crippen molar-refractivity contribution in [3.05, 3.63) is 47.5 Å². The molecule has 0 aromatic heterocycles. The van der Waals surface area contributed by atoms with E-state index in [0.717, 1.165) is 11.1 Å². The smallest absolute Gasteiger partial charge is 0.157 e. The molecule has 0 spiro atoms. The fourth-order valence-corrected chi connectivity index (χ4v) is 3.17. The van der Waals surface area contributed by atoms with Crippen molar-refractivity contribution < 1.29 is 20.4 Å². The first-order valence-electron chi connectivity index (χ1n) is 8.26. The Morgan fingerprint density at radius 1 is 0.542 bits per heavy atom. The molecule has 0 heterocycles. The monoisotopic (exact) mass is 330 g/mol. The average Bonchev–Trinajstić information content (AvgIpc) is 2.57. The second kappa shape index (κ2) is 7.04. The van der Waals surface area contributed by atoms with Gasteiger partial charge in [0.1, 0.15) is 0 Å². The lowest BCUT2D eigenvalue weighted by atomic mass is 9.74. The van der Waals surface area contributed by atoms with Crippen LogP contribution in [0.4, 0.5) is 0 Å². The van der Waals surface area contributed by atoms with E-state index in [2.05, 4.69) is 27.7 Å². The first-order valence-corrected chi connectivity index (χ1v) is 8.26. The Labute approximate surface area is 143 Å². The van der Waals surface area contributed by atoms with Gasteiger partial charge in [-0.15, -0.1) is 0 Å². The second-order valence-corrected chi connectivity index (χ2v) is 6.79. The normalized spacial score (nSPS) is 16.3. The topological polar surface area (TPSA) is 80.9 Å². The lowest BCUT2D eigenvalue weighted by Gasteiger charge is -2.31. The van der Waals surface area contributed by atoms with Gasteiger partial charge in [0.25, 0.3) is 0 Å². The number of phenolic OH excluding ortho intramolecular Hbond substituents is 4. The van der Waals surface area contributed by atoms with Crippen LogP contribution in [0.3, 0.4) is 0 Å². The summed E-state index contributed by atoms with van der Waals surface area (Å²) in [5.74, 6) is 0.574. The van der Waals surface area contributed by atoms with Crippen molar-refractivity contribution in [2.45, 2.75) is 39.5 Å². The lowest BCUT2D eigenvalue weighted by molar-refractivity contribution is 0.297. The van der Waals surface area contributed by atoms with Crippen molar-refractivity contribution >= 4 is 0 Å². The summed E-state index contributed by atoms with van der Waals surface area (Å²) in [6.07, 6.45) is 0. The number of phenols is 4. The van der Waals surface area contributed by atoms with Crippen molar-refractivity contribution in [2.75, 3.05) is 0 Å². The molecule has 0 amide bonds. The molecule has 4 atom stereocenters. The summed E-state index contributed by atoms with van der Waals surface area (Å²) in [6.45, 7) is 8.54. The first-order chi connectivity index (χ1) is 11.2. The molecule has 0 bridgehead atoms. The van der Waals surface area contributed by atoms with E-state index in [0.29, 0.717) is 11.8 Å². The molecule has 4 nitrogen and oxygen atoms in total. The highest BCUT2D eigenvalue weighted by Crippen LogP contribution is 2.40. The van der Waals surface area contributed by atoms with E-state index in [1.807, 2.05) is 12.1 Å². The highest BCUT2D eigenvalue weighted by Gasteiger charge is 2.26. The summed E-state index contributed by atoms with van der Waals surface area (Å²) in [5, 5.41) is 38.4. The Morgan fingerprint density at radius 2 is 0.875 bits per heavy atom. The van der Waals surface area contributed by atoms with Crippen molar-refractivity contribution in [3.8, 4) is 23.0 Å². The van der Waals surface area contributed by atoms with Crippen LogP contribution in [0.5, 0.6) is 23.0 Å². The minimum Gasteiger partial charge on any atom is -0.504 e. The van der Waals surface area contributed by atoms with Gasteiger partial charge in [0.15, 0.2) is 23.0 Å². The van der Waals surface area contributed by atoms with Gasteiger partial charge >= 0.3 is 0 Å². The molecule has 2 aromatic carbocycles. The van der Waals surface area contributed by atoms with Crippen LogP contribution in [0.1, 0.15) is 50.7 Å². The molecule has 0 aliphatic heterocycles. The molecule has 2 rings (SSSR count). The van der Waals surface area contributed by atoms with E-state index < -0.39 is 0 Å². The molecule has 4 N–H and O–H groups in total. The Kier molecular flexibility index (Phi) is 5.27. The van der Waals surface area contributed by atoms with Crippen LogP contribution in [0, 0.1) is 11.8 Å². The molecular formula is C20H26O4. The van der Waals surface area contributed by atoms with Crippen molar-refractivity contribution in [1.29, 1.82) is 0 Å². The van der Waals surface area contributed by atoms with Crippen LogP contribution >= 0.6 is 0 Å². The fourth-order valence-electron chi connectivity index (χ4n) is 3.17. The summed E-state index contributed by atoms with van der Waals surface area (Å²) in [4.78, 5) is 0. The Bertz CT molecular complexity index is 649. The van der Waals surface area contributed by atoms with E-state index in [1.54, 1.807) is 12.1 Å². The van der Waals surface area contributed by atoms with Crippen LogP contribution in [0.25, 0.3) is 0 Å². The summed E-state index contributed by atoms with van der Waals surface area (Å²) >= 11 is 0. The van der Waals surface area contributed by atoms with Gasteiger partial charge in [-0.05, 0) is 59.1 Å². The van der Waals surface area contributed by atoms with Crippen LogP contribution in [0.2, 0.25) is 0 Å². The van der Waals surface area contributed by atoms with Crippen LogP contribution in [-0.4, -0.2) is 20.4 Å². The number of benzene rings is 2. The van der Waals surface area contributed by atoms with Crippen LogP contribution in [-0.2, 0) is 0 Å². The zero-order valence-electron chi connectivity index (χ0n) is 14.6. The zero-order chi connectivity index (χ0) is 18.0. The molecule has 0 saturated heterocycles. The van der Waals surface area contributed by atoms with E-state index in [4.69, 9.17) is 0 Å². The van der Waals surface area contributed by atoms with Crippen LogP contribution < -0.4 is 0 Å². The molecule has 4 heteroatoms. The molecule has 130 valence electrons. The second-order valence-electron chi connectivity index (χ2n) is 6.79. The number of hydrogen-bond donors (Lipinski definition) is 4. The van der Waals surface area contributed by atoms with Gasteiger partial charge in [0.05, 0.1) is 0 Å². The first kappa shape index (κ1) is 18.0. The SMILES string of the molecule is CC(c1ccc(O)c(O)c1)C(C)C(C)C(C)c1ccc(O)c(O)c1. The maximum atomic E-state index is 9.71. The van der Waals surface area contributed by atoms with Gasteiger partial charge in [-0.3, -0.25) is 0 Å². The average molecular weight is 330 g/mol. The van der Waals surface area contributed by atoms with E-state index in [9.17, 15) is 20.4 Å². The summed E-state index contributed by atoms with van der Waals surface area (Å²) in [5.41, 5.74) is 1.95. The minimum absolute atomic E-state index is 0.101. The molecular weight excluding hydrogens is 304 g/mol. The van der Waals surface area contributed by atoms with Gasteiger partial charge in [0.2, 0.25) is 0 Å². The summed E-state index contributed by atoms with van der Waals surface area (Å²) in [7, 11) is 0. The van der Waals surface area contributed by atoms with Crippen molar-refractivity contribution in [3.63, 3.8) is 0 Å². The molecule has 0 aliphatic carbocycles. The molecule has 2 aromatic rings. The zero-order valence-corrected chi connectivity index (χ0v) is 14.6. The predicted octanol–water partition coefficient (Wildman–Crippen LogP) is 4.69. The number of aromatic hydroxyl groups is 4. The lowest BCUT2D eigenvalue weighted by Crippen LogP contribution is -2.20. The maximum absolute atomic E-state index is 9.71. The third-order valence-electron chi connectivity index (χ3n) is 5.46. The van der Waals surface area contributed by atoms with Gasteiger partial charge in [-0.25, -0.2) is 0 Å². The Balaban J connectivity index is 2.18. The largest absolute Gasteiger partial charge is 0.504 e. The van der Waals surface area contributed by atoms with Gasteiger partial charge in [0, 0.05) is 0 Å². The molecule has 0 aliphatic rings. The van der Waals surface area contributed by atoms with Gasteiger partial charge < -0.3 is 20.4 Å². The van der Waals surface area contributed by atoms with Gasteiger partial charge in [-0.1, -0.05) is 39.8 Å². The van der Waals surface area contributed by atoms with Gasteiger partial charge in [-0.2, -0.15) is 0 Å². The molecule has 4 unspecified atom stereocenters. The third kappa shape index (κ3) is 3.58. The predicted molar refractivity (Wildman–Crippen MR) is 94.7 cm³/mol. The molecule has 0 saturated carbocycles. The van der Waals surface area contributed by atoms with E-state index >= 15 is 0 Å². The van der Waals surface area contributed by atoms with Crippen molar-refractivity contribution in [1.82, 2.24) is 0 Å². The van der Waals surface area contributed by atoms with E-state index in [-0.39, 0.29) is 34.8 Å². The van der Waals surface area contributed by atoms with E-state index in [1.165, 1.54) is 12.1 Å². The summed E-state index contributed by atoms with van der Waals surface area (Å²) < 4.78 is 0. The van der Waals surface area contributed by atoms with Crippen molar-refractivity contribution in [2.24, 2.45) is 11.8 Å². The Hall–Kier alpha value is -2.36. The summed E-state index contributed by atoms with van der Waals surface area (Å²) in [6, 6.07) is 9.92. The molecule has 24 heavy (non-hydrogen) atoms. The fraction of sp³-hybridized carbons (Fsp3) is 0.400. The highest BCUT2D eigenvalue weighted by molar-refractivity contribution is 5.43.